The number of hydrogen-bond acceptors (Lipinski definition) is 5. The van der Waals surface area contributed by atoms with Crippen LogP contribution in [0.3, 0.4) is 0 Å². The van der Waals surface area contributed by atoms with Crippen LogP contribution in [0.5, 0.6) is 0 Å². The van der Waals surface area contributed by atoms with Gasteiger partial charge in [0.2, 0.25) is 0 Å². The Morgan fingerprint density at radius 1 is 1.36 bits per heavy atom. The fourth-order valence-corrected chi connectivity index (χ4v) is 2.70. The van der Waals surface area contributed by atoms with Crippen LogP contribution in [-0.4, -0.2) is 80.6 Å². The smallest absolute Gasteiger partial charge is 0.0900 e. The van der Waals surface area contributed by atoms with Crippen molar-refractivity contribution in [2.24, 2.45) is 0 Å². The zero-order valence-corrected chi connectivity index (χ0v) is 13.6. The summed E-state index contributed by atoms with van der Waals surface area (Å²) in [5.41, 5.74) is 1.13. The highest BCUT2D eigenvalue weighted by Gasteiger charge is 2.22. The molecule has 1 aliphatic rings. The molecule has 1 N–H and O–H groups in total. The van der Waals surface area contributed by atoms with E-state index in [1.165, 1.54) is 0 Å². The Bertz CT molecular complexity index is 414. The van der Waals surface area contributed by atoms with Gasteiger partial charge in [0.25, 0.3) is 0 Å². The van der Waals surface area contributed by atoms with Gasteiger partial charge >= 0.3 is 0 Å². The van der Waals surface area contributed by atoms with Crippen molar-refractivity contribution < 1.29 is 14.6 Å². The minimum absolute atomic E-state index is 0.223. The van der Waals surface area contributed by atoms with Gasteiger partial charge in [-0.3, -0.25) is 4.90 Å². The normalized spacial score (nSPS) is 21.2. The second-order valence-electron chi connectivity index (χ2n) is 6.17. The first kappa shape index (κ1) is 17.4. The molecule has 1 aromatic rings. The zero-order valence-electron chi connectivity index (χ0n) is 13.6. The monoisotopic (exact) mass is 308 g/mol. The number of β-amino-alcohol motifs (C(OH)–C–C–N with tert-alkyl or cyclic N) is 1. The summed E-state index contributed by atoms with van der Waals surface area (Å²) >= 11 is 0. The van der Waals surface area contributed by atoms with E-state index in [2.05, 4.69) is 23.9 Å². The summed E-state index contributed by atoms with van der Waals surface area (Å²) in [5.74, 6) is 0. The summed E-state index contributed by atoms with van der Waals surface area (Å²) in [6, 6.07) is 10.0. The van der Waals surface area contributed by atoms with E-state index in [-0.39, 0.29) is 6.10 Å². The van der Waals surface area contributed by atoms with Crippen molar-refractivity contribution in [3.63, 3.8) is 0 Å². The zero-order chi connectivity index (χ0) is 15.8. The molecular weight excluding hydrogens is 280 g/mol. The summed E-state index contributed by atoms with van der Waals surface area (Å²) in [7, 11) is 4.10. The molecule has 1 aromatic carbocycles. The number of hydrogen-bond donors (Lipinski definition) is 1. The van der Waals surface area contributed by atoms with E-state index in [9.17, 15) is 5.11 Å². The third kappa shape index (κ3) is 6.42. The van der Waals surface area contributed by atoms with E-state index in [1.54, 1.807) is 0 Å². The molecule has 0 saturated carbocycles. The van der Waals surface area contributed by atoms with Crippen molar-refractivity contribution in [1.82, 2.24) is 9.80 Å². The maximum atomic E-state index is 10.1. The quantitative estimate of drug-likeness (QED) is 0.770. The van der Waals surface area contributed by atoms with Gasteiger partial charge in [-0.2, -0.15) is 0 Å². The third-order valence-electron chi connectivity index (χ3n) is 3.68. The Morgan fingerprint density at radius 2 is 2.14 bits per heavy atom. The molecule has 22 heavy (non-hydrogen) atoms. The lowest BCUT2D eigenvalue weighted by Gasteiger charge is -2.35. The molecule has 0 spiro atoms. The highest BCUT2D eigenvalue weighted by molar-refractivity contribution is 5.13. The number of aliphatic hydroxyl groups is 1. The lowest BCUT2D eigenvalue weighted by Crippen LogP contribution is -2.49. The maximum absolute atomic E-state index is 10.1. The molecule has 5 heteroatoms. The number of rotatable bonds is 8. The fourth-order valence-electron chi connectivity index (χ4n) is 2.70. The second-order valence-corrected chi connectivity index (χ2v) is 6.17. The lowest BCUT2D eigenvalue weighted by atomic mass is 10.2. The predicted octanol–water partition coefficient (Wildman–Crippen LogP) is 0.827. The number of ether oxygens (including phenoxy) is 2. The lowest BCUT2D eigenvalue weighted by molar-refractivity contribution is -0.0584. The van der Waals surface area contributed by atoms with Gasteiger partial charge in [0.05, 0.1) is 32.0 Å². The van der Waals surface area contributed by atoms with Crippen LogP contribution < -0.4 is 0 Å². The Balaban J connectivity index is 1.64. The Labute approximate surface area is 133 Å². The topological polar surface area (TPSA) is 45.2 Å². The van der Waals surface area contributed by atoms with E-state index in [4.69, 9.17) is 9.47 Å². The largest absolute Gasteiger partial charge is 0.389 e. The molecule has 0 radical (unpaired) electrons. The van der Waals surface area contributed by atoms with E-state index in [0.29, 0.717) is 19.8 Å². The number of nitrogens with zero attached hydrogens (tertiary/aromatic N) is 2. The summed E-state index contributed by atoms with van der Waals surface area (Å²) in [6.07, 6.45) is -0.233. The molecule has 0 amide bonds. The second kappa shape index (κ2) is 9.22. The van der Waals surface area contributed by atoms with Gasteiger partial charge in [-0.1, -0.05) is 30.3 Å². The average Bonchev–Trinajstić information content (AvgIpc) is 2.48. The average molecular weight is 308 g/mol. The van der Waals surface area contributed by atoms with Gasteiger partial charge in [0.15, 0.2) is 0 Å². The predicted molar refractivity (Wildman–Crippen MR) is 86.8 cm³/mol. The van der Waals surface area contributed by atoms with Gasteiger partial charge < -0.3 is 19.5 Å². The van der Waals surface area contributed by atoms with Crippen LogP contribution in [0.15, 0.2) is 30.3 Å². The summed E-state index contributed by atoms with van der Waals surface area (Å²) in [5, 5.41) is 10.1. The first-order valence-electron chi connectivity index (χ1n) is 7.92. The molecule has 2 atom stereocenters. The highest BCUT2D eigenvalue weighted by Crippen LogP contribution is 2.07. The van der Waals surface area contributed by atoms with Crippen molar-refractivity contribution in [1.29, 1.82) is 0 Å². The minimum Gasteiger partial charge on any atom is -0.389 e. The Morgan fingerprint density at radius 3 is 2.86 bits per heavy atom. The molecule has 1 heterocycles. The first-order valence-corrected chi connectivity index (χ1v) is 7.92. The molecule has 0 aliphatic carbocycles. The molecule has 124 valence electrons. The van der Waals surface area contributed by atoms with Crippen LogP contribution in [0.4, 0.5) is 0 Å². The van der Waals surface area contributed by atoms with Crippen molar-refractivity contribution in [3.8, 4) is 0 Å². The van der Waals surface area contributed by atoms with Crippen molar-refractivity contribution in [2.45, 2.75) is 18.8 Å². The van der Waals surface area contributed by atoms with Gasteiger partial charge in [0.1, 0.15) is 0 Å². The molecule has 0 bridgehead atoms. The third-order valence-corrected chi connectivity index (χ3v) is 3.68. The van der Waals surface area contributed by atoms with Crippen molar-refractivity contribution >= 4 is 0 Å². The molecule has 0 aromatic heterocycles. The van der Waals surface area contributed by atoms with Gasteiger partial charge in [-0.15, -0.1) is 0 Å². The van der Waals surface area contributed by atoms with E-state index in [0.717, 1.165) is 31.8 Å². The van der Waals surface area contributed by atoms with E-state index >= 15 is 0 Å². The van der Waals surface area contributed by atoms with Crippen LogP contribution in [0, 0.1) is 0 Å². The Hall–Kier alpha value is -0.980. The summed E-state index contributed by atoms with van der Waals surface area (Å²) in [4.78, 5) is 4.39. The number of morpholine rings is 1. The molecule has 5 nitrogen and oxygen atoms in total. The fraction of sp³-hybridized carbons (Fsp3) is 0.647. The molecule has 2 rings (SSSR count). The molecule has 1 fully saturated rings. The minimum atomic E-state index is -0.457. The number of aliphatic hydroxyl groups excluding tert-OH is 1. The molecule has 1 saturated heterocycles. The van der Waals surface area contributed by atoms with Gasteiger partial charge in [0, 0.05) is 26.2 Å². The first-order chi connectivity index (χ1) is 10.6. The molecule has 0 unspecified atom stereocenters. The number of likely N-dealkylation sites (N-methyl/N-ethyl adjacent to an activating group) is 1. The van der Waals surface area contributed by atoms with Crippen LogP contribution in [0.25, 0.3) is 0 Å². The van der Waals surface area contributed by atoms with Crippen LogP contribution >= 0.6 is 0 Å². The van der Waals surface area contributed by atoms with Crippen LogP contribution in [-0.2, 0) is 16.1 Å². The van der Waals surface area contributed by atoms with Crippen molar-refractivity contribution in [2.75, 3.05) is 53.5 Å². The van der Waals surface area contributed by atoms with Crippen LogP contribution in [0.2, 0.25) is 0 Å². The van der Waals surface area contributed by atoms with E-state index in [1.807, 2.05) is 30.3 Å². The van der Waals surface area contributed by atoms with Gasteiger partial charge in [-0.05, 0) is 19.7 Å². The molecular formula is C17H28N2O3. The van der Waals surface area contributed by atoms with E-state index < -0.39 is 6.10 Å². The SMILES string of the molecule is CN(C)C[C@@H]1CN(C[C@@H](O)COCc2ccccc2)CCO1. The summed E-state index contributed by atoms with van der Waals surface area (Å²) < 4.78 is 11.3. The van der Waals surface area contributed by atoms with Crippen LogP contribution in [0.1, 0.15) is 5.56 Å². The number of benzene rings is 1. The van der Waals surface area contributed by atoms with Crippen molar-refractivity contribution in [3.05, 3.63) is 35.9 Å². The Kier molecular flexibility index (Phi) is 7.29. The standard InChI is InChI=1S/C17H28N2O3/c1-18(2)11-17-12-19(8-9-22-17)10-16(20)14-21-13-15-6-4-3-5-7-15/h3-7,16-17,20H,8-14H2,1-2H3/t16-,17-/m1/s1. The van der Waals surface area contributed by atoms with Gasteiger partial charge in [-0.25, -0.2) is 0 Å². The summed E-state index contributed by atoms with van der Waals surface area (Å²) in [6.45, 7) is 4.94. The highest BCUT2D eigenvalue weighted by atomic mass is 16.5. The maximum Gasteiger partial charge on any atom is 0.0900 e. The molecule has 1 aliphatic heterocycles.